The van der Waals surface area contributed by atoms with Crippen LogP contribution in [0.15, 0.2) is 29.5 Å². The monoisotopic (exact) mass is 360 g/mol. The number of aryl methyl sites for hydroxylation is 1. The van der Waals surface area contributed by atoms with Gasteiger partial charge in [0.25, 0.3) is 0 Å². The molecule has 0 atom stereocenters. The molecule has 0 radical (unpaired) electrons. The lowest BCUT2D eigenvalue weighted by Crippen LogP contribution is -1.93. The predicted octanol–water partition coefficient (Wildman–Crippen LogP) is 4.68. The maximum absolute atomic E-state index is 10.8. The number of hydrogen-bond donors (Lipinski definition) is 2. The van der Waals surface area contributed by atoms with E-state index in [2.05, 4.69) is 24.9 Å². The molecule has 3 aromatic rings. The molecule has 0 amide bonds. The van der Waals surface area contributed by atoms with Gasteiger partial charge in [0, 0.05) is 35.5 Å². The average molecular weight is 360 g/mol. The molecular formula is C18H22F2N6. The van der Waals surface area contributed by atoms with Gasteiger partial charge in [-0.05, 0) is 32.9 Å². The molecule has 0 bridgehead atoms. The van der Waals surface area contributed by atoms with Crippen LogP contribution in [0.2, 0.25) is 0 Å². The third-order valence-corrected chi connectivity index (χ3v) is 3.44. The number of H-pyrrole nitrogens is 1. The van der Waals surface area contributed by atoms with Crippen molar-refractivity contribution in [2.45, 2.75) is 40.5 Å². The molecule has 0 unspecified atom stereocenters. The summed E-state index contributed by atoms with van der Waals surface area (Å²) in [7, 11) is 0. The third kappa shape index (κ3) is 4.81. The van der Waals surface area contributed by atoms with Crippen molar-refractivity contribution in [3.8, 4) is 11.3 Å². The summed E-state index contributed by atoms with van der Waals surface area (Å²) in [5, 5.41) is 0.902. The standard InChI is InChI=1S/C15H16N6.C3H6F2/c1-8(2)19-12-4-5-13(20-9(12)3)10-6-17-14-11(10)7-18-15(16)21-14;1-2-3(4)5/h4-7H,1-3H3,(H3,16,17,18,21);3H,2H2,1H3. The van der Waals surface area contributed by atoms with Crippen LogP contribution in [-0.4, -0.2) is 32.1 Å². The minimum Gasteiger partial charge on any atom is -0.368 e. The van der Waals surface area contributed by atoms with Crippen molar-refractivity contribution in [2.75, 3.05) is 5.73 Å². The molecule has 3 heterocycles. The van der Waals surface area contributed by atoms with E-state index in [9.17, 15) is 8.78 Å². The molecule has 26 heavy (non-hydrogen) atoms. The molecule has 3 rings (SSSR count). The summed E-state index contributed by atoms with van der Waals surface area (Å²) in [5.41, 5.74) is 10.9. The van der Waals surface area contributed by atoms with Gasteiger partial charge in [-0.1, -0.05) is 6.92 Å². The Labute approximate surface area is 150 Å². The number of nitrogens with one attached hydrogen (secondary N) is 1. The molecule has 8 heteroatoms. The first kappa shape index (κ1) is 19.4. The first-order chi connectivity index (χ1) is 12.3. The summed E-state index contributed by atoms with van der Waals surface area (Å²) in [6.45, 7) is 7.34. The lowest BCUT2D eigenvalue weighted by molar-refractivity contribution is 0.144. The van der Waals surface area contributed by atoms with Crippen molar-refractivity contribution in [1.29, 1.82) is 0 Å². The third-order valence-electron chi connectivity index (χ3n) is 3.44. The normalized spacial score (nSPS) is 10.6. The van der Waals surface area contributed by atoms with E-state index in [4.69, 9.17) is 5.73 Å². The fourth-order valence-electron chi connectivity index (χ4n) is 2.20. The number of nitrogens with zero attached hydrogens (tertiary/aromatic N) is 4. The van der Waals surface area contributed by atoms with E-state index >= 15 is 0 Å². The highest BCUT2D eigenvalue weighted by atomic mass is 19.3. The number of anilines is 1. The van der Waals surface area contributed by atoms with Gasteiger partial charge in [0.1, 0.15) is 5.65 Å². The van der Waals surface area contributed by atoms with Crippen molar-refractivity contribution in [3.63, 3.8) is 0 Å². The molecule has 6 nitrogen and oxygen atoms in total. The average Bonchev–Trinajstić information content (AvgIpc) is 2.99. The highest BCUT2D eigenvalue weighted by Gasteiger charge is 2.10. The second-order valence-corrected chi connectivity index (χ2v) is 5.85. The topological polar surface area (TPSA) is 92.8 Å². The van der Waals surface area contributed by atoms with Gasteiger partial charge in [-0.15, -0.1) is 0 Å². The SMILES string of the molecule is CC(C)=Nc1ccc(-c2c[nH]c3nc(N)ncc23)nc1C.CCC(F)F. The Morgan fingerprint density at radius 3 is 2.54 bits per heavy atom. The van der Waals surface area contributed by atoms with Crippen LogP contribution in [-0.2, 0) is 0 Å². The van der Waals surface area contributed by atoms with Crippen molar-refractivity contribution >= 4 is 28.4 Å². The summed E-state index contributed by atoms with van der Waals surface area (Å²) in [6, 6.07) is 3.93. The number of aliphatic imine (C=N–C) groups is 1. The van der Waals surface area contributed by atoms with E-state index in [0.29, 0.717) is 5.65 Å². The summed E-state index contributed by atoms with van der Waals surface area (Å²) in [5.74, 6) is 0.253. The Morgan fingerprint density at radius 2 is 1.96 bits per heavy atom. The number of halogens is 2. The number of nitrogen functional groups attached to an aromatic ring is 1. The second kappa shape index (κ2) is 8.46. The van der Waals surface area contributed by atoms with E-state index in [1.807, 2.05) is 39.1 Å². The van der Waals surface area contributed by atoms with Gasteiger partial charge in [0.2, 0.25) is 12.4 Å². The van der Waals surface area contributed by atoms with Gasteiger partial charge in [0.05, 0.1) is 17.1 Å². The summed E-state index contributed by atoms with van der Waals surface area (Å²) in [6.07, 6.45) is 1.44. The number of rotatable bonds is 3. The largest absolute Gasteiger partial charge is 0.368 e. The van der Waals surface area contributed by atoms with Crippen molar-refractivity contribution in [3.05, 3.63) is 30.2 Å². The van der Waals surface area contributed by atoms with Gasteiger partial charge < -0.3 is 10.7 Å². The lowest BCUT2D eigenvalue weighted by Gasteiger charge is -2.04. The quantitative estimate of drug-likeness (QED) is 0.663. The van der Waals surface area contributed by atoms with Gasteiger partial charge in [-0.2, -0.15) is 4.98 Å². The smallest absolute Gasteiger partial charge is 0.238 e. The number of pyridine rings is 1. The van der Waals surface area contributed by atoms with Gasteiger partial charge >= 0.3 is 0 Å². The molecule has 138 valence electrons. The minimum absolute atomic E-state index is 0.0278. The number of alkyl halides is 2. The Bertz CT molecular complexity index is 913. The van der Waals surface area contributed by atoms with Crippen LogP contribution < -0.4 is 5.73 Å². The van der Waals surface area contributed by atoms with Crippen LogP contribution in [0.25, 0.3) is 22.3 Å². The van der Waals surface area contributed by atoms with E-state index in [1.54, 1.807) is 6.20 Å². The number of aromatic amines is 1. The lowest BCUT2D eigenvalue weighted by atomic mass is 10.1. The zero-order chi connectivity index (χ0) is 19.3. The van der Waals surface area contributed by atoms with E-state index in [-0.39, 0.29) is 12.4 Å². The molecule has 0 spiro atoms. The van der Waals surface area contributed by atoms with Crippen molar-refractivity contribution < 1.29 is 8.78 Å². The first-order valence-electron chi connectivity index (χ1n) is 8.19. The fourth-order valence-corrected chi connectivity index (χ4v) is 2.20. The van der Waals surface area contributed by atoms with Crippen molar-refractivity contribution in [1.82, 2.24) is 19.9 Å². The highest BCUT2D eigenvalue weighted by molar-refractivity contribution is 5.92. The molecule has 3 N–H and O–H groups in total. The predicted molar refractivity (Wildman–Crippen MR) is 101 cm³/mol. The molecular weight excluding hydrogens is 338 g/mol. The van der Waals surface area contributed by atoms with Crippen LogP contribution in [0.3, 0.4) is 0 Å². The van der Waals surface area contributed by atoms with Crippen LogP contribution in [0.1, 0.15) is 32.9 Å². The summed E-state index contributed by atoms with van der Waals surface area (Å²) < 4.78 is 21.5. The first-order valence-corrected chi connectivity index (χ1v) is 8.19. The number of hydrogen-bond acceptors (Lipinski definition) is 5. The van der Waals surface area contributed by atoms with Crippen LogP contribution >= 0.6 is 0 Å². The van der Waals surface area contributed by atoms with E-state index in [1.165, 1.54) is 6.92 Å². The Morgan fingerprint density at radius 1 is 1.27 bits per heavy atom. The molecule has 0 saturated carbocycles. The Balaban J connectivity index is 0.000000431. The molecule has 0 aliphatic carbocycles. The molecule has 3 aromatic heterocycles. The summed E-state index contributed by atoms with van der Waals surface area (Å²) in [4.78, 5) is 20.4. The van der Waals surface area contributed by atoms with Gasteiger partial charge in [-0.25, -0.2) is 13.8 Å². The van der Waals surface area contributed by atoms with Crippen LogP contribution in [0, 0.1) is 6.92 Å². The minimum atomic E-state index is -2.12. The zero-order valence-electron chi connectivity index (χ0n) is 15.2. The molecule has 0 aromatic carbocycles. The molecule has 0 saturated heterocycles. The molecule has 0 aliphatic rings. The van der Waals surface area contributed by atoms with Gasteiger partial charge in [0.15, 0.2) is 0 Å². The van der Waals surface area contributed by atoms with Gasteiger partial charge in [-0.3, -0.25) is 9.98 Å². The Kier molecular flexibility index (Phi) is 6.32. The van der Waals surface area contributed by atoms with E-state index < -0.39 is 6.43 Å². The highest BCUT2D eigenvalue weighted by Crippen LogP contribution is 2.28. The maximum atomic E-state index is 10.8. The fraction of sp³-hybridized carbons (Fsp3) is 0.333. The van der Waals surface area contributed by atoms with Crippen molar-refractivity contribution in [2.24, 2.45) is 4.99 Å². The summed E-state index contributed by atoms with van der Waals surface area (Å²) >= 11 is 0. The number of fused-ring (bicyclic) bond motifs is 1. The number of aromatic nitrogens is 4. The van der Waals surface area contributed by atoms with E-state index in [0.717, 1.165) is 33.7 Å². The molecule has 0 fully saturated rings. The molecule has 0 aliphatic heterocycles. The Hall–Kier alpha value is -2.90. The van der Waals surface area contributed by atoms with Crippen LogP contribution in [0.4, 0.5) is 20.4 Å². The van der Waals surface area contributed by atoms with Crippen LogP contribution in [0.5, 0.6) is 0 Å². The second-order valence-electron chi connectivity index (χ2n) is 5.85. The maximum Gasteiger partial charge on any atom is 0.238 e. The number of nitrogens with two attached hydrogens (primary N) is 1. The zero-order valence-corrected chi connectivity index (χ0v) is 15.2.